The van der Waals surface area contributed by atoms with Crippen LogP contribution < -0.4 is 16.0 Å². The molecule has 1 aliphatic carbocycles. The van der Waals surface area contributed by atoms with Gasteiger partial charge in [-0.3, -0.25) is 14.4 Å². The molecule has 0 radical (unpaired) electrons. The number of nitriles is 1. The third-order valence-electron chi connectivity index (χ3n) is 8.96. The maximum Gasteiger partial charge on any atom is 0.251 e. The number of rotatable bonds is 8. The normalized spacial score (nSPS) is 17.8. The average molecular weight is 654 g/mol. The molecular weight excluding hydrogens is 606 g/mol. The van der Waals surface area contributed by atoms with Gasteiger partial charge in [0.2, 0.25) is 5.91 Å². The number of carbonyl (C=O) groups excluding carboxylic acids is 3. The van der Waals surface area contributed by atoms with Crippen molar-refractivity contribution in [1.82, 2.24) is 41.5 Å². The van der Waals surface area contributed by atoms with Crippen LogP contribution in [0.1, 0.15) is 117 Å². The molecule has 0 bridgehead atoms. The van der Waals surface area contributed by atoms with Crippen molar-refractivity contribution in [2.24, 2.45) is 0 Å². The number of tetrazole rings is 1. The van der Waals surface area contributed by atoms with Crippen LogP contribution in [0.25, 0.3) is 0 Å². The zero-order chi connectivity index (χ0) is 34.9. The van der Waals surface area contributed by atoms with Crippen LogP contribution in [-0.4, -0.2) is 79.5 Å². The number of H-pyrrole nitrogens is 1. The molecule has 12 nitrogen and oxygen atoms in total. The summed E-state index contributed by atoms with van der Waals surface area (Å²) < 4.78 is 0. The first-order valence-corrected chi connectivity index (χ1v) is 16.7. The van der Waals surface area contributed by atoms with Crippen LogP contribution in [0, 0.1) is 11.3 Å². The minimum absolute atomic E-state index is 0.0825. The predicted octanol–water partition coefficient (Wildman–Crippen LogP) is 3.57. The molecule has 0 saturated carbocycles. The van der Waals surface area contributed by atoms with E-state index in [1.807, 2.05) is 84.9 Å². The molecule has 254 valence electrons. The Bertz CT molecular complexity index is 1630. The van der Waals surface area contributed by atoms with Crippen LogP contribution in [0.5, 0.6) is 0 Å². The van der Waals surface area contributed by atoms with Crippen molar-refractivity contribution >= 4 is 17.7 Å². The third-order valence-corrected chi connectivity index (χ3v) is 8.96. The molecule has 1 aliphatic heterocycles. The summed E-state index contributed by atoms with van der Waals surface area (Å²) in [6.45, 7) is 14.4. The summed E-state index contributed by atoms with van der Waals surface area (Å²) in [6.07, 6.45) is 3.20. The summed E-state index contributed by atoms with van der Waals surface area (Å²) >= 11 is 0. The molecular formula is C36H47N9O3. The van der Waals surface area contributed by atoms with Crippen molar-refractivity contribution in [1.29, 1.82) is 5.26 Å². The summed E-state index contributed by atoms with van der Waals surface area (Å²) in [4.78, 5) is 41.4. The quantitative estimate of drug-likeness (QED) is 0.286. The van der Waals surface area contributed by atoms with E-state index in [0.29, 0.717) is 49.2 Å². The molecule has 1 saturated heterocycles. The molecule has 3 amide bonds. The summed E-state index contributed by atoms with van der Waals surface area (Å²) in [6, 6.07) is 13.2. The Morgan fingerprint density at radius 3 is 2.02 bits per heavy atom. The Labute approximate surface area is 282 Å². The summed E-state index contributed by atoms with van der Waals surface area (Å²) in [5.41, 5.74) is 3.17. The van der Waals surface area contributed by atoms with E-state index in [2.05, 4.69) is 42.6 Å². The zero-order valence-electron chi connectivity index (χ0n) is 29.0. The van der Waals surface area contributed by atoms with Gasteiger partial charge in [-0.25, -0.2) is 0 Å². The lowest BCUT2D eigenvalue weighted by Crippen LogP contribution is -2.45. The van der Waals surface area contributed by atoms with Gasteiger partial charge in [0.05, 0.1) is 18.0 Å². The van der Waals surface area contributed by atoms with Gasteiger partial charge in [-0.15, -0.1) is 10.2 Å². The standard InChI is InChI=1S/C36H47N9O3/c1-22(38-21-30(46)45-16-8-9-27(45)20-37)19-36(33-41-43-44-42-33)28-14-12-25(31(47)39-34(2,3)4)17-23(28)10-11-24-18-26(13-15-29(24)36)32(48)40-35(5,6)7/h12-15,17-18,22,27,38H,8-11,16,19,21H2,1-7H3,(H,39,47)(H,40,48)(H,41,42,43,44)/t22-,27+/m1/s1. The van der Waals surface area contributed by atoms with Crippen LogP contribution in [0.2, 0.25) is 0 Å². The van der Waals surface area contributed by atoms with Crippen LogP contribution in [0.3, 0.4) is 0 Å². The molecule has 3 aromatic rings. The van der Waals surface area contributed by atoms with E-state index in [1.54, 1.807) is 4.90 Å². The third kappa shape index (κ3) is 7.41. The molecule has 12 heteroatoms. The number of benzene rings is 2. The lowest BCUT2D eigenvalue weighted by atomic mass is 9.67. The Balaban J connectivity index is 1.59. The van der Waals surface area contributed by atoms with Gasteiger partial charge in [0.15, 0.2) is 5.82 Å². The van der Waals surface area contributed by atoms with E-state index in [9.17, 15) is 19.6 Å². The Morgan fingerprint density at radius 2 is 1.54 bits per heavy atom. The fraction of sp³-hybridized carbons (Fsp3) is 0.528. The minimum atomic E-state index is -0.940. The average Bonchev–Trinajstić information content (AvgIpc) is 3.71. The first-order valence-electron chi connectivity index (χ1n) is 16.7. The van der Waals surface area contributed by atoms with Crippen LogP contribution in [-0.2, 0) is 23.1 Å². The lowest BCUT2D eigenvalue weighted by Gasteiger charge is -2.36. The van der Waals surface area contributed by atoms with Crippen molar-refractivity contribution in [3.8, 4) is 6.07 Å². The molecule has 5 rings (SSSR count). The summed E-state index contributed by atoms with van der Waals surface area (Å²) in [5, 5.41) is 34.8. The van der Waals surface area contributed by atoms with Crippen molar-refractivity contribution in [3.63, 3.8) is 0 Å². The fourth-order valence-corrected chi connectivity index (χ4v) is 6.94. The second-order valence-electron chi connectivity index (χ2n) is 15.2. The molecule has 1 aromatic heterocycles. The number of hydrogen-bond acceptors (Lipinski definition) is 8. The highest BCUT2D eigenvalue weighted by molar-refractivity contribution is 5.96. The van der Waals surface area contributed by atoms with Crippen molar-refractivity contribution in [3.05, 3.63) is 75.6 Å². The topological polar surface area (TPSA) is 169 Å². The maximum absolute atomic E-state index is 13.3. The van der Waals surface area contributed by atoms with Gasteiger partial charge in [0.1, 0.15) is 6.04 Å². The SMILES string of the molecule is C[C@H](CC1(c2nn[nH]n2)c2ccc(C(=O)NC(C)(C)C)cc2CCc2cc(C(=O)NC(C)(C)C)ccc21)NCC(=O)N1CCC[C@H]1C#N. The molecule has 2 heterocycles. The molecule has 48 heavy (non-hydrogen) atoms. The van der Waals surface area contributed by atoms with E-state index in [1.165, 1.54) is 0 Å². The first-order chi connectivity index (χ1) is 22.6. The van der Waals surface area contributed by atoms with Crippen molar-refractivity contribution < 1.29 is 14.4 Å². The fourth-order valence-electron chi connectivity index (χ4n) is 6.94. The Morgan fingerprint density at radius 1 is 0.979 bits per heavy atom. The van der Waals surface area contributed by atoms with E-state index in [-0.39, 0.29) is 30.3 Å². The number of aryl methyl sites for hydroxylation is 2. The maximum atomic E-state index is 13.3. The van der Waals surface area contributed by atoms with Crippen molar-refractivity contribution in [2.75, 3.05) is 13.1 Å². The number of nitrogens with one attached hydrogen (secondary N) is 4. The van der Waals surface area contributed by atoms with Gasteiger partial charge >= 0.3 is 0 Å². The monoisotopic (exact) mass is 653 g/mol. The summed E-state index contributed by atoms with van der Waals surface area (Å²) in [7, 11) is 0. The molecule has 4 N–H and O–H groups in total. The minimum Gasteiger partial charge on any atom is -0.347 e. The van der Waals surface area contributed by atoms with Gasteiger partial charge in [-0.2, -0.15) is 10.5 Å². The highest BCUT2D eigenvalue weighted by atomic mass is 16.2. The first kappa shape index (κ1) is 34.7. The molecule has 0 unspecified atom stereocenters. The number of fused-ring (bicyclic) bond motifs is 2. The van der Waals surface area contributed by atoms with E-state index < -0.39 is 22.5 Å². The largest absolute Gasteiger partial charge is 0.347 e. The highest BCUT2D eigenvalue weighted by Crippen LogP contribution is 2.47. The molecule has 2 aromatic carbocycles. The Kier molecular flexibility index (Phi) is 9.74. The van der Waals surface area contributed by atoms with Gasteiger partial charge in [0, 0.05) is 34.8 Å². The molecule has 0 spiro atoms. The second kappa shape index (κ2) is 13.5. The smallest absolute Gasteiger partial charge is 0.251 e. The number of likely N-dealkylation sites (tertiary alicyclic amines) is 1. The molecule has 1 fully saturated rings. The summed E-state index contributed by atoms with van der Waals surface area (Å²) in [5.74, 6) is 0.0221. The Hall–Kier alpha value is -4.63. The van der Waals surface area contributed by atoms with Crippen LogP contribution in [0.4, 0.5) is 0 Å². The second-order valence-corrected chi connectivity index (χ2v) is 15.2. The van der Waals surface area contributed by atoms with Crippen LogP contribution in [0.15, 0.2) is 36.4 Å². The van der Waals surface area contributed by atoms with E-state index in [4.69, 9.17) is 0 Å². The number of carbonyl (C=O) groups is 3. The molecule has 2 atom stereocenters. The predicted molar refractivity (Wildman–Crippen MR) is 181 cm³/mol. The van der Waals surface area contributed by atoms with Gasteiger partial charge in [-0.05, 0) is 127 Å². The number of aromatic nitrogens is 4. The zero-order valence-corrected chi connectivity index (χ0v) is 29.0. The molecule has 2 aliphatic rings. The van der Waals surface area contributed by atoms with E-state index >= 15 is 0 Å². The highest BCUT2D eigenvalue weighted by Gasteiger charge is 2.46. The van der Waals surface area contributed by atoms with E-state index in [0.717, 1.165) is 28.7 Å². The number of aromatic amines is 1. The van der Waals surface area contributed by atoms with Crippen LogP contribution >= 0.6 is 0 Å². The number of hydrogen-bond donors (Lipinski definition) is 4. The lowest BCUT2D eigenvalue weighted by molar-refractivity contribution is -0.130. The van der Waals surface area contributed by atoms with Gasteiger partial charge < -0.3 is 20.9 Å². The van der Waals surface area contributed by atoms with Gasteiger partial charge in [-0.1, -0.05) is 17.3 Å². The number of amides is 3. The van der Waals surface area contributed by atoms with Gasteiger partial charge in [0.25, 0.3) is 11.8 Å². The van der Waals surface area contributed by atoms with Crippen molar-refractivity contribution in [2.45, 2.75) is 109 Å². The number of nitrogens with zero attached hydrogens (tertiary/aromatic N) is 5.